The lowest BCUT2D eigenvalue weighted by Gasteiger charge is -2.11. The van der Waals surface area contributed by atoms with Gasteiger partial charge in [0, 0.05) is 24.5 Å². The molecular weight excluding hydrogens is 685 g/mol. The minimum Gasteiger partial charge on any atom is -0.490 e. The van der Waals surface area contributed by atoms with Gasteiger partial charge in [-0.2, -0.15) is 5.10 Å². The van der Waals surface area contributed by atoms with Gasteiger partial charge in [-0.25, -0.2) is 10.2 Å². The molecule has 2 N–H and O–H groups in total. The van der Waals surface area contributed by atoms with Gasteiger partial charge in [-0.3, -0.25) is 4.79 Å². The zero-order chi connectivity index (χ0) is 28.1. The maximum atomic E-state index is 13.2. The van der Waals surface area contributed by atoms with Crippen molar-refractivity contribution >= 4 is 67.5 Å². The summed E-state index contributed by atoms with van der Waals surface area (Å²) in [5.74, 6) is -0.188. The number of amides is 1. The summed E-state index contributed by atoms with van der Waals surface area (Å²) < 4.78 is 13.2. The molecule has 0 saturated heterocycles. The van der Waals surface area contributed by atoms with Crippen molar-refractivity contribution in [3.63, 3.8) is 0 Å². The van der Waals surface area contributed by atoms with Crippen LogP contribution < -0.4 is 14.9 Å². The van der Waals surface area contributed by atoms with Crippen LogP contribution in [0.4, 0.5) is 0 Å². The van der Waals surface area contributed by atoms with Crippen LogP contribution in [0.15, 0.2) is 101 Å². The number of hydrogen-bond acceptors (Lipinski definition) is 5. The van der Waals surface area contributed by atoms with Crippen molar-refractivity contribution in [3.8, 4) is 22.6 Å². The normalized spacial score (nSPS) is 11.1. The first-order chi connectivity index (χ1) is 19.4. The van der Waals surface area contributed by atoms with Crippen molar-refractivity contribution in [2.45, 2.75) is 6.92 Å². The fraction of sp³-hybridized carbons (Fsp3) is 0.0645. The summed E-state index contributed by atoms with van der Waals surface area (Å²) >= 11 is 5.62. The highest BCUT2D eigenvalue weighted by Crippen LogP contribution is 2.33. The highest BCUT2D eigenvalue weighted by Gasteiger charge is 2.19. The molecule has 1 heterocycles. The van der Waals surface area contributed by atoms with Gasteiger partial charge in [0.05, 0.1) is 18.4 Å². The van der Waals surface area contributed by atoms with Gasteiger partial charge in [0.15, 0.2) is 11.5 Å². The number of nitrogens with one attached hydrogen (secondary N) is 2. The van der Waals surface area contributed by atoms with E-state index in [9.17, 15) is 9.59 Å². The molecule has 0 spiro atoms. The molecule has 5 aromatic rings. The molecule has 40 heavy (non-hydrogen) atoms. The Labute approximate surface area is 252 Å². The lowest BCUT2D eigenvalue weighted by atomic mass is 10.0. The zero-order valence-corrected chi connectivity index (χ0v) is 25.0. The molecule has 0 aliphatic carbocycles. The summed E-state index contributed by atoms with van der Waals surface area (Å²) in [4.78, 5) is 29.1. The Morgan fingerprint density at radius 2 is 1.75 bits per heavy atom. The number of hydrazone groups is 1. The Kier molecular flexibility index (Phi) is 8.61. The van der Waals surface area contributed by atoms with E-state index in [0.29, 0.717) is 29.2 Å². The van der Waals surface area contributed by atoms with Crippen molar-refractivity contribution in [3.05, 3.63) is 116 Å². The summed E-state index contributed by atoms with van der Waals surface area (Å²) in [7, 11) is 0. The van der Waals surface area contributed by atoms with Gasteiger partial charge >= 0.3 is 5.97 Å². The quantitative estimate of drug-likeness (QED) is 0.0572. The van der Waals surface area contributed by atoms with E-state index >= 15 is 0 Å². The summed E-state index contributed by atoms with van der Waals surface area (Å²) in [6.07, 6.45) is 1.51. The van der Waals surface area contributed by atoms with Crippen LogP contribution in [-0.2, 0) is 0 Å². The van der Waals surface area contributed by atoms with E-state index in [1.54, 1.807) is 42.5 Å². The second-order valence-electron chi connectivity index (χ2n) is 8.67. The average molecular weight is 708 g/mol. The second-order valence-corrected chi connectivity index (χ2v) is 10.8. The molecule has 1 amide bonds. The molecule has 0 radical (unpaired) electrons. The number of benzene rings is 4. The third-order valence-corrected chi connectivity index (χ3v) is 7.18. The molecule has 4 aromatic carbocycles. The number of carbonyl (C=O) groups excluding carboxylic acids is 2. The number of H-pyrrole nitrogens is 1. The summed E-state index contributed by atoms with van der Waals surface area (Å²) in [6, 6.07) is 27.7. The lowest BCUT2D eigenvalue weighted by molar-refractivity contribution is 0.0728. The molecule has 0 aliphatic rings. The van der Waals surface area contributed by atoms with E-state index in [-0.39, 0.29) is 11.7 Å². The van der Waals surface area contributed by atoms with Crippen LogP contribution in [0, 0.1) is 3.57 Å². The maximum Gasteiger partial charge on any atom is 0.343 e. The molecule has 5 rings (SSSR count). The number of esters is 1. The number of rotatable bonds is 8. The van der Waals surface area contributed by atoms with Gasteiger partial charge in [0.1, 0.15) is 5.69 Å². The summed E-state index contributed by atoms with van der Waals surface area (Å²) in [5, 5.41) is 5.13. The monoisotopic (exact) mass is 707 g/mol. The standard InChI is InChI=1S/C31H23BrIN3O4/c1-2-39-27-16-19(8-15-26(27)40-31(38)21-9-11-22(32)12-10-21)18-34-36-30(37)29-28(20-6-4-3-5-7-20)24-17-23(33)13-14-25(24)35-29/h3-18,35H,2H2,1H3,(H,36,37). The fourth-order valence-corrected chi connectivity index (χ4v) is 4.92. The van der Waals surface area contributed by atoms with E-state index in [1.165, 1.54) is 6.21 Å². The number of aromatic amines is 1. The number of halogens is 2. The van der Waals surface area contributed by atoms with E-state index in [0.717, 1.165) is 30.1 Å². The Morgan fingerprint density at radius 3 is 2.50 bits per heavy atom. The average Bonchev–Trinajstić information content (AvgIpc) is 3.34. The first kappa shape index (κ1) is 27.6. The van der Waals surface area contributed by atoms with Gasteiger partial charge in [0.25, 0.3) is 5.91 Å². The van der Waals surface area contributed by atoms with Gasteiger partial charge in [-0.05, 0) is 101 Å². The molecule has 200 valence electrons. The topological polar surface area (TPSA) is 92.8 Å². The van der Waals surface area contributed by atoms with Crippen LogP contribution in [0.5, 0.6) is 11.5 Å². The maximum absolute atomic E-state index is 13.2. The molecule has 9 heteroatoms. The second kappa shape index (κ2) is 12.5. The van der Waals surface area contributed by atoms with E-state index in [1.807, 2.05) is 49.4 Å². The first-order valence-electron chi connectivity index (χ1n) is 12.4. The SMILES string of the molecule is CCOc1cc(C=NNC(=O)c2[nH]c3ccc(I)cc3c2-c2ccccc2)ccc1OC(=O)c1ccc(Br)cc1. The largest absolute Gasteiger partial charge is 0.490 e. The Morgan fingerprint density at radius 1 is 0.975 bits per heavy atom. The van der Waals surface area contributed by atoms with Crippen molar-refractivity contribution in [1.82, 2.24) is 10.4 Å². The fourth-order valence-electron chi connectivity index (χ4n) is 4.16. The molecule has 1 aromatic heterocycles. The van der Waals surface area contributed by atoms with Crippen LogP contribution in [0.3, 0.4) is 0 Å². The number of hydrogen-bond donors (Lipinski definition) is 2. The minimum atomic E-state index is -0.496. The molecule has 0 unspecified atom stereocenters. The van der Waals surface area contributed by atoms with E-state index < -0.39 is 5.97 Å². The Hall–Kier alpha value is -3.96. The van der Waals surface area contributed by atoms with Gasteiger partial charge in [0.2, 0.25) is 0 Å². The molecule has 7 nitrogen and oxygen atoms in total. The van der Waals surface area contributed by atoms with Crippen molar-refractivity contribution < 1.29 is 19.1 Å². The van der Waals surface area contributed by atoms with Gasteiger partial charge in [-0.15, -0.1) is 0 Å². The molecule has 0 fully saturated rings. The van der Waals surface area contributed by atoms with Crippen LogP contribution in [0.2, 0.25) is 0 Å². The van der Waals surface area contributed by atoms with Crippen molar-refractivity contribution in [1.29, 1.82) is 0 Å². The predicted octanol–water partition coefficient (Wildman–Crippen LogP) is 7.58. The van der Waals surface area contributed by atoms with Crippen LogP contribution >= 0.6 is 38.5 Å². The van der Waals surface area contributed by atoms with Crippen molar-refractivity contribution in [2.75, 3.05) is 6.61 Å². The molecular formula is C31H23BrIN3O4. The van der Waals surface area contributed by atoms with E-state index in [4.69, 9.17) is 9.47 Å². The minimum absolute atomic E-state index is 0.288. The zero-order valence-electron chi connectivity index (χ0n) is 21.3. The lowest BCUT2D eigenvalue weighted by Crippen LogP contribution is -2.18. The molecule has 0 bridgehead atoms. The number of carbonyl (C=O) groups is 2. The molecule has 0 aliphatic heterocycles. The van der Waals surface area contributed by atoms with Crippen LogP contribution in [0.25, 0.3) is 22.0 Å². The van der Waals surface area contributed by atoms with E-state index in [2.05, 4.69) is 60.1 Å². The van der Waals surface area contributed by atoms with Crippen LogP contribution in [0.1, 0.15) is 33.3 Å². The van der Waals surface area contributed by atoms with Gasteiger partial charge < -0.3 is 14.5 Å². The predicted molar refractivity (Wildman–Crippen MR) is 168 cm³/mol. The highest BCUT2D eigenvalue weighted by atomic mass is 127. The highest BCUT2D eigenvalue weighted by molar-refractivity contribution is 14.1. The third-order valence-electron chi connectivity index (χ3n) is 5.98. The number of nitrogens with zero attached hydrogens (tertiary/aromatic N) is 1. The smallest absolute Gasteiger partial charge is 0.343 e. The number of aromatic nitrogens is 1. The van der Waals surface area contributed by atoms with Crippen LogP contribution in [-0.4, -0.2) is 29.7 Å². The van der Waals surface area contributed by atoms with Gasteiger partial charge in [-0.1, -0.05) is 46.3 Å². The Balaban J connectivity index is 1.35. The number of fused-ring (bicyclic) bond motifs is 1. The Bertz CT molecular complexity index is 1720. The summed E-state index contributed by atoms with van der Waals surface area (Å²) in [5.41, 5.74) is 6.73. The molecule has 0 atom stereocenters. The number of ether oxygens (including phenoxy) is 2. The first-order valence-corrected chi connectivity index (χ1v) is 14.2. The summed E-state index contributed by atoms with van der Waals surface area (Å²) in [6.45, 7) is 2.22. The van der Waals surface area contributed by atoms with Crippen molar-refractivity contribution in [2.24, 2.45) is 5.10 Å². The molecule has 0 saturated carbocycles. The third kappa shape index (κ3) is 6.26.